The molecule has 148 valence electrons. The van der Waals surface area contributed by atoms with E-state index < -0.39 is 30.6 Å². The van der Waals surface area contributed by atoms with Gasteiger partial charge in [-0.15, -0.1) is 0 Å². The second-order valence-electron chi connectivity index (χ2n) is 5.73. The number of urea groups is 1. The zero-order chi connectivity index (χ0) is 20.5. The molecule has 2 rings (SSSR count). The number of benzene rings is 2. The fraction of sp³-hybridized carbons (Fsp3) is 0.211. The van der Waals surface area contributed by atoms with Gasteiger partial charge in [0, 0.05) is 16.8 Å². The summed E-state index contributed by atoms with van der Waals surface area (Å²) in [6.45, 7) is -0.484. The third-order valence-electron chi connectivity index (χ3n) is 3.69. The number of amides is 3. The van der Waals surface area contributed by atoms with Gasteiger partial charge in [0.05, 0.1) is 19.6 Å². The zero-order valence-electron chi connectivity index (χ0n) is 15.1. The van der Waals surface area contributed by atoms with Gasteiger partial charge in [-0.2, -0.15) is 0 Å². The van der Waals surface area contributed by atoms with Crippen LogP contribution < -0.4 is 21.1 Å². The molecule has 0 fully saturated rings. The van der Waals surface area contributed by atoms with Crippen molar-refractivity contribution in [3.8, 4) is 5.75 Å². The second-order valence-corrected chi connectivity index (χ2v) is 6.13. The van der Waals surface area contributed by atoms with Crippen molar-refractivity contribution in [2.75, 3.05) is 19.0 Å². The van der Waals surface area contributed by atoms with E-state index in [9.17, 15) is 14.4 Å². The lowest BCUT2D eigenvalue weighted by atomic mass is 10.0. The molecular weight excluding hydrogens is 386 g/mol. The van der Waals surface area contributed by atoms with Crippen LogP contribution in [0.4, 0.5) is 10.5 Å². The van der Waals surface area contributed by atoms with E-state index in [1.807, 2.05) is 0 Å². The maximum Gasteiger partial charge on any atom is 0.312 e. The average Bonchev–Trinajstić information content (AvgIpc) is 2.66. The fourth-order valence-electron chi connectivity index (χ4n) is 2.44. The van der Waals surface area contributed by atoms with Crippen molar-refractivity contribution >= 4 is 35.2 Å². The van der Waals surface area contributed by atoms with Crippen molar-refractivity contribution < 1.29 is 23.9 Å². The van der Waals surface area contributed by atoms with Gasteiger partial charge in [-0.05, 0) is 23.8 Å². The quantitative estimate of drug-likeness (QED) is 0.583. The third kappa shape index (κ3) is 6.48. The summed E-state index contributed by atoms with van der Waals surface area (Å²) >= 11 is 6.11. The maximum absolute atomic E-state index is 12.1. The molecule has 3 amide bonds. The van der Waals surface area contributed by atoms with E-state index in [1.54, 1.807) is 48.5 Å². The minimum absolute atomic E-state index is 0.237. The number of primary amides is 1. The Morgan fingerprint density at radius 3 is 2.57 bits per heavy atom. The van der Waals surface area contributed by atoms with Gasteiger partial charge in [-0.25, -0.2) is 4.79 Å². The van der Waals surface area contributed by atoms with Crippen LogP contribution in [-0.4, -0.2) is 31.6 Å². The molecule has 0 bridgehead atoms. The lowest BCUT2D eigenvalue weighted by molar-refractivity contribution is -0.147. The Morgan fingerprint density at radius 1 is 1.14 bits per heavy atom. The number of halogens is 1. The first-order valence-electron chi connectivity index (χ1n) is 8.29. The van der Waals surface area contributed by atoms with Crippen molar-refractivity contribution in [1.29, 1.82) is 0 Å². The summed E-state index contributed by atoms with van der Waals surface area (Å²) in [6, 6.07) is 11.9. The standard InChI is InChI=1S/C19H20ClN3O5/c1-27-13-6-4-5-12(9-13)22-17(24)11-28-18(25)10-16(23-19(21)26)14-7-2-3-8-15(14)20/h2-9,16H,10-11H2,1H3,(H,22,24)(H3,21,23,26). The van der Waals surface area contributed by atoms with Gasteiger partial charge < -0.3 is 25.8 Å². The van der Waals surface area contributed by atoms with Crippen molar-refractivity contribution in [3.63, 3.8) is 0 Å². The number of methoxy groups -OCH3 is 1. The molecule has 0 aliphatic rings. The Morgan fingerprint density at radius 2 is 1.89 bits per heavy atom. The second kappa shape index (κ2) is 10.2. The van der Waals surface area contributed by atoms with Gasteiger partial charge in [-0.1, -0.05) is 35.9 Å². The molecule has 0 saturated carbocycles. The van der Waals surface area contributed by atoms with Crippen LogP contribution in [0.5, 0.6) is 5.75 Å². The molecule has 0 heterocycles. The molecule has 9 heteroatoms. The summed E-state index contributed by atoms with van der Waals surface area (Å²) in [4.78, 5) is 35.3. The molecule has 8 nitrogen and oxygen atoms in total. The Bertz CT molecular complexity index is 859. The smallest absolute Gasteiger partial charge is 0.312 e. The number of nitrogens with one attached hydrogen (secondary N) is 2. The molecule has 1 atom stereocenters. The first kappa shape index (κ1) is 21.0. The molecule has 0 aliphatic heterocycles. The number of esters is 1. The number of rotatable bonds is 8. The van der Waals surface area contributed by atoms with Crippen LogP contribution in [-0.2, 0) is 14.3 Å². The minimum Gasteiger partial charge on any atom is -0.497 e. The highest BCUT2D eigenvalue weighted by molar-refractivity contribution is 6.31. The van der Waals surface area contributed by atoms with Gasteiger partial charge in [-0.3, -0.25) is 9.59 Å². The van der Waals surface area contributed by atoms with E-state index in [0.717, 1.165) is 0 Å². The summed E-state index contributed by atoms with van der Waals surface area (Å²) in [6.07, 6.45) is -0.237. The van der Waals surface area contributed by atoms with Crippen LogP contribution in [0, 0.1) is 0 Å². The predicted molar refractivity (Wildman–Crippen MR) is 104 cm³/mol. The van der Waals surface area contributed by atoms with Gasteiger partial charge >= 0.3 is 12.0 Å². The summed E-state index contributed by atoms with van der Waals surface area (Å²) < 4.78 is 10.1. The van der Waals surface area contributed by atoms with Crippen molar-refractivity contribution in [1.82, 2.24) is 5.32 Å². The predicted octanol–water partition coefficient (Wildman–Crippen LogP) is 2.63. The van der Waals surface area contributed by atoms with E-state index in [-0.39, 0.29) is 6.42 Å². The highest BCUT2D eigenvalue weighted by atomic mass is 35.5. The van der Waals surface area contributed by atoms with Crippen LogP contribution in [0.15, 0.2) is 48.5 Å². The normalized spacial score (nSPS) is 11.2. The van der Waals surface area contributed by atoms with E-state index in [1.165, 1.54) is 7.11 Å². The molecule has 28 heavy (non-hydrogen) atoms. The number of carbonyl (C=O) groups excluding carboxylic acids is 3. The molecule has 0 radical (unpaired) electrons. The summed E-state index contributed by atoms with van der Waals surface area (Å²) in [5.41, 5.74) is 6.19. The van der Waals surface area contributed by atoms with Gasteiger partial charge in [0.2, 0.25) is 0 Å². The number of carbonyl (C=O) groups is 3. The van der Waals surface area contributed by atoms with Crippen LogP contribution in [0.25, 0.3) is 0 Å². The van der Waals surface area contributed by atoms with Crippen LogP contribution in [0.3, 0.4) is 0 Å². The molecule has 2 aromatic rings. The Labute approximate surface area is 166 Å². The summed E-state index contributed by atoms with van der Waals surface area (Å²) in [5, 5.41) is 5.40. The number of anilines is 1. The monoisotopic (exact) mass is 405 g/mol. The lowest BCUT2D eigenvalue weighted by Crippen LogP contribution is -2.35. The molecule has 0 saturated heterocycles. The third-order valence-corrected chi connectivity index (χ3v) is 4.03. The summed E-state index contributed by atoms with van der Waals surface area (Å²) in [5.74, 6) is -0.631. The minimum atomic E-state index is -0.812. The topological polar surface area (TPSA) is 120 Å². The highest BCUT2D eigenvalue weighted by Crippen LogP contribution is 2.25. The van der Waals surface area contributed by atoms with Crippen LogP contribution in [0.1, 0.15) is 18.0 Å². The number of ether oxygens (including phenoxy) is 2. The summed E-state index contributed by atoms with van der Waals surface area (Å²) in [7, 11) is 1.51. The Balaban J connectivity index is 1.92. The molecule has 0 spiro atoms. The van der Waals surface area contributed by atoms with E-state index in [2.05, 4.69) is 10.6 Å². The van der Waals surface area contributed by atoms with Crippen molar-refractivity contribution in [3.05, 3.63) is 59.1 Å². The molecule has 1 unspecified atom stereocenters. The Hall–Kier alpha value is -3.26. The number of hydrogen-bond donors (Lipinski definition) is 3. The molecule has 0 aliphatic carbocycles. The van der Waals surface area contributed by atoms with E-state index in [0.29, 0.717) is 22.0 Å². The molecule has 2 aromatic carbocycles. The van der Waals surface area contributed by atoms with Gasteiger partial charge in [0.1, 0.15) is 5.75 Å². The largest absolute Gasteiger partial charge is 0.497 e. The van der Waals surface area contributed by atoms with Gasteiger partial charge in [0.15, 0.2) is 6.61 Å². The van der Waals surface area contributed by atoms with Gasteiger partial charge in [0.25, 0.3) is 5.91 Å². The van der Waals surface area contributed by atoms with Crippen molar-refractivity contribution in [2.45, 2.75) is 12.5 Å². The molecule has 4 N–H and O–H groups in total. The van der Waals surface area contributed by atoms with Crippen molar-refractivity contribution in [2.24, 2.45) is 5.73 Å². The Kier molecular flexibility index (Phi) is 7.65. The maximum atomic E-state index is 12.1. The van der Waals surface area contributed by atoms with E-state index >= 15 is 0 Å². The molecule has 0 aromatic heterocycles. The first-order chi connectivity index (χ1) is 13.4. The molecular formula is C19H20ClN3O5. The average molecular weight is 406 g/mol. The fourth-order valence-corrected chi connectivity index (χ4v) is 2.71. The zero-order valence-corrected chi connectivity index (χ0v) is 15.9. The number of hydrogen-bond acceptors (Lipinski definition) is 5. The van der Waals surface area contributed by atoms with Crippen LogP contribution in [0.2, 0.25) is 5.02 Å². The van der Waals surface area contributed by atoms with E-state index in [4.69, 9.17) is 26.8 Å². The highest BCUT2D eigenvalue weighted by Gasteiger charge is 2.21. The lowest BCUT2D eigenvalue weighted by Gasteiger charge is -2.18. The SMILES string of the molecule is COc1cccc(NC(=O)COC(=O)CC(NC(N)=O)c2ccccc2Cl)c1. The van der Waals surface area contributed by atoms with Crippen LogP contribution >= 0.6 is 11.6 Å². The first-order valence-corrected chi connectivity index (χ1v) is 8.66. The number of nitrogens with two attached hydrogens (primary N) is 1.